The van der Waals surface area contributed by atoms with Crippen LogP contribution >= 0.6 is 0 Å². The van der Waals surface area contributed by atoms with Crippen LogP contribution in [0.25, 0.3) is 0 Å². The summed E-state index contributed by atoms with van der Waals surface area (Å²) in [5.74, 6) is 0.684. The van der Waals surface area contributed by atoms with E-state index < -0.39 is 0 Å². The van der Waals surface area contributed by atoms with E-state index in [1.165, 1.54) is 23.3 Å². The van der Waals surface area contributed by atoms with Crippen molar-refractivity contribution >= 4 is 0 Å². The molecule has 0 bridgehead atoms. The maximum atomic E-state index is 13.3. The van der Waals surface area contributed by atoms with E-state index >= 15 is 0 Å². The second-order valence-electron chi connectivity index (χ2n) is 5.67. The van der Waals surface area contributed by atoms with Gasteiger partial charge in [0.2, 0.25) is 0 Å². The number of halogens is 1. The van der Waals surface area contributed by atoms with E-state index in [2.05, 4.69) is 43.3 Å². The largest absolute Gasteiger partial charge is 0.497 e. The summed E-state index contributed by atoms with van der Waals surface area (Å²) in [6.07, 6.45) is 0. The monoisotopic (exact) mass is 306 g/mol. The molecule has 0 saturated carbocycles. The van der Waals surface area contributed by atoms with Crippen molar-refractivity contribution < 1.29 is 9.13 Å². The topological polar surface area (TPSA) is 9.23 Å². The molecule has 2 heteroatoms. The molecule has 0 spiro atoms. The Labute approximate surface area is 136 Å². The number of ether oxygens (including phenoxy) is 1. The molecule has 0 aliphatic heterocycles. The molecule has 0 heterocycles. The van der Waals surface area contributed by atoms with Gasteiger partial charge in [0, 0.05) is 5.92 Å². The van der Waals surface area contributed by atoms with Gasteiger partial charge in [0.15, 0.2) is 0 Å². The Morgan fingerprint density at radius 3 is 1.61 bits per heavy atom. The molecule has 1 unspecified atom stereocenters. The fraction of sp³-hybridized carbons (Fsp3) is 0.143. The molecule has 0 aromatic heterocycles. The summed E-state index contributed by atoms with van der Waals surface area (Å²) in [5, 5.41) is 0. The molecule has 0 amide bonds. The zero-order valence-corrected chi connectivity index (χ0v) is 13.3. The van der Waals surface area contributed by atoms with Crippen molar-refractivity contribution in [2.24, 2.45) is 0 Å². The van der Waals surface area contributed by atoms with Crippen molar-refractivity contribution in [1.29, 1.82) is 0 Å². The van der Waals surface area contributed by atoms with Crippen LogP contribution < -0.4 is 4.74 Å². The molecule has 0 saturated heterocycles. The van der Waals surface area contributed by atoms with Crippen LogP contribution in [0.4, 0.5) is 4.39 Å². The van der Waals surface area contributed by atoms with Crippen molar-refractivity contribution in [2.75, 3.05) is 7.11 Å². The molecule has 0 aliphatic carbocycles. The first-order valence-electron chi connectivity index (χ1n) is 7.63. The Kier molecular flexibility index (Phi) is 4.42. The molecule has 3 aromatic rings. The molecule has 1 nitrogen and oxygen atoms in total. The Hall–Kier alpha value is -2.61. The van der Waals surface area contributed by atoms with Gasteiger partial charge in [-0.15, -0.1) is 0 Å². The highest BCUT2D eigenvalue weighted by molar-refractivity contribution is 5.45. The maximum absolute atomic E-state index is 13.3. The molecule has 3 aromatic carbocycles. The zero-order chi connectivity index (χ0) is 16.2. The first kappa shape index (κ1) is 15.3. The summed E-state index contributed by atoms with van der Waals surface area (Å²) in [7, 11) is 1.66. The number of methoxy groups -OCH3 is 1. The average Bonchev–Trinajstić information content (AvgIpc) is 2.59. The summed E-state index contributed by atoms with van der Waals surface area (Å²) in [6.45, 7) is 2.07. The third-order valence-electron chi connectivity index (χ3n) is 4.06. The van der Waals surface area contributed by atoms with Crippen LogP contribution in [0.2, 0.25) is 0 Å². The van der Waals surface area contributed by atoms with Crippen LogP contribution in [0.1, 0.15) is 28.2 Å². The predicted molar refractivity (Wildman–Crippen MR) is 91.5 cm³/mol. The lowest BCUT2D eigenvalue weighted by molar-refractivity contribution is 0.414. The highest BCUT2D eigenvalue weighted by atomic mass is 19.1. The lowest BCUT2D eigenvalue weighted by Crippen LogP contribution is -2.03. The Bertz CT molecular complexity index is 713. The zero-order valence-electron chi connectivity index (χ0n) is 13.3. The van der Waals surface area contributed by atoms with Crippen molar-refractivity contribution in [2.45, 2.75) is 12.8 Å². The second kappa shape index (κ2) is 6.66. The van der Waals surface area contributed by atoms with E-state index in [-0.39, 0.29) is 11.7 Å². The summed E-state index contributed by atoms with van der Waals surface area (Å²) in [6, 6.07) is 23.2. The van der Waals surface area contributed by atoms with Crippen LogP contribution in [0.3, 0.4) is 0 Å². The van der Waals surface area contributed by atoms with Crippen LogP contribution in [0, 0.1) is 12.7 Å². The molecule has 0 aliphatic rings. The number of rotatable bonds is 4. The quantitative estimate of drug-likeness (QED) is 0.592. The van der Waals surface area contributed by atoms with Gasteiger partial charge < -0.3 is 4.74 Å². The van der Waals surface area contributed by atoms with Crippen LogP contribution in [0.15, 0.2) is 72.8 Å². The van der Waals surface area contributed by atoms with Crippen molar-refractivity contribution in [3.05, 3.63) is 101 Å². The summed E-state index contributed by atoms with van der Waals surface area (Å²) < 4.78 is 18.5. The van der Waals surface area contributed by atoms with Crippen LogP contribution in [0.5, 0.6) is 5.75 Å². The van der Waals surface area contributed by atoms with Gasteiger partial charge in [-0.05, 0) is 47.9 Å². The SMILES string of the molecule is COc1ccc(C(c2ccc(C)cc2)c2ccc(F)cc2)cc1. The second-order valence-corrected chi connectivity index (χ2v) is 5.67. The smallest absolute Gasteiger partial charge is 0.123 e. The minimum absolute atomic E-state index is 0.0714. The van der Waals surface area contributed by atoms with Crippen molar-refractivity contribution in [3.63, 3.8) is 0 Å². The molecule has 0 N–H and O–H groups in total. The number of benzene rings is 3. The van der Waals surface area contributed by atoms with Gasteiger partial charge in [0.1, 0.15) is 11.6 Å². The van der Waals surface area contributed by atoms with Gasteiger partial charge in [-0.1, -0.05) is 54.1 Å². The average molecular weight is 306 g/mol. The predicted octanol–water partition coefficient (Wildman–Crippen LogP) is 5.32. The van der Waals surface area contributed by atoms with Gasteiger partial charge in [-0.3, -0.25) is 0 Å². The lowest BCUT2D eigenvalue weighted by Gasteiger charge is -2.19. The number of hydrogen-bond donors (Lipinski definition) is 0. The fourth-order valence-electron chi connectivity index (χ4n) is 2.79. The van der Waals surface area contributed by atoms with E-state index in [0.717, 1.165) is 16.9 Å². The maximum Gasteiger partial charge on any atom is 0.123 e. The minimum atomic E-state index is -0.217. The summed E-state index contributed by atoms with van der Waals surface area (Å²) in [4.78, 5) is 0. The first-order chi connectivity index (χ1) is 11.2. The van der Waals surface area contributed by atoms with Gasteiger partial charge in [0.05, 0.1) is 7.11 Å². The van der Waals surface area contributed by atoms with Gasteiger partial charge in [-0.25, -0.2) is 4.39 Å². The van der Waals surface area contributed by atoms with Gasteiger partial charge in [0.25, 0.3) is 0 Å². The van der Waals surface area contributed by atoms with E-state index in [9.17, 15) is 4.39 Å². The first-order valence-corrected chi connectivity index (χ1v) is 7.63. The van der Waals surface area contributed by atoms with Gasteiger partial charge in [-0.2, -0.15) is 0 Å². The van der Waals surface area contributed by atoms with E-state index in [1.807, 2.05) is 24.3 Å². The number of hydrogen-bond acceptors (Lipinski definition) is 1. The summed E-state index contributed by atoms with van der Waals surface area (Å²) in [5.41, 5.74) is 4.63. The molecular weight excluding hydrogens is 287 g/mol. The molecule has 3 rings (SSSR count). The van der Waals surface area contributed by atoms with E-state index in [1.54, 1.807) is 7.11 Å². The third-order valence-corrected chi connectivity index (χ3v) is 4.06. The lowest BCUT2D eigenvalue weighted by atomic mass is 9.85. The fourth-order valence-corrected chi connectivity index (χ4v) is 2.79. The standard InChI is InChI=1S/C21H19FO/c1-15-3-5-16(6-4-15)21(17-7-11-19(22)12-8-17)18-9-13-20(23-2)14-10-18/h3-14,21H,1-2H3. The van der Waals surface area contributed by atoms with E-state index in [0.29, 0.717) is 0 Å². The van der Waals surface area contributed by atoms with Crippen LogP contribution in [-0.2, 0) is 0 Å². The summed E-state index contributed by atoms with van der Waals surface area (Å²) >= 11 is 0. The normalized spacial score (nSPS) is 12.0. The van der Waals surface area contributed by atoms with Crippen molar-refractivity contribution in [1.82, 2.24) is 0 Å². The highest BCUT2D eigenvalue weighted by Gasteiger charge is 2.16. The highest BCUT2D eigenvalue weighted by Crippen LogP contribution is 2.33. The van der Waals surface area contributed by atoms with E-state index in [4.69, 9.17) is 4.74 Å². The molecular formula is C21H19FO. The van der Waals surface area contributed by atoms with Gasteiger partial charge >= 0.3 is 0 Å². The molecule has 1 atom stereocenters. The Balaban J connectivity index is 2.08. The molecule has 116 valence electrons. The number of aryl methyl sites for hydroxylation is 1. The minimum Gasteiger partial charge on any atom is -0.497 e. The van der Waals surface area contributed by atoms with Crippen LogP contribution in [-0.4, -0.2) is 7.11 Å². The molecule has 23 heavy (non-hydrogen) atoms. The van der Waals surface area contributed by atoms with Crippen molar-refractivity contribution in [3.8, 4) is 5.75 Å². The molecule has 0 radical (unpaired) electrons. The molecule has 0 fully saturated rings. The Morgan fingerprint density at radius 1 is 0.696 bits per heavy atom. The Morgan fingerprint density at radius 2 is 1.13 bits per heavy atom. The third kappa shape index (κ3) is 3.42.